The van der Waals surface area contributed by atoms with Crippen LogP contribution in [0.25, 0.3) is 22.3 Å². The van der Waals surface area contributed by atoms with Crippen molar-refractivity contribution in [2.45, 2.75) is 27.7 Å². The highest BCUT2D eigenvalue weighted by atomic mass is 19.1. The molecule has 0 aliphatic heterocycles. The number of aryl methyl sites for hydroxylation is 3. The van der Waals surface area contributed by atoms with Crippen LogP contribution in [0, 0.1) is 39.3 Å². The Kier molecular flexibility index (Phi) is 4.23. The normalized spacial score (nSPS) is 10.9. The van der Waals surface area contributed by atoms with Gasteiger partial charge in [-0.05, 0) is 73.2 Å². The zero-order valence-electron chi connectivity index (χ0n) is 14.4. The monoisotopic (exact) mass is 322 g/mol. The van der Waals surface area contributed by atoms with Gasteiger partial charge in [-0.25, -0.2) is 8.78 Å². The largest absolute Gasteiger partial charge is 0.206 e. The number of hydrogen-bond acceptors (Lipinski definition) is 0. The molecule has 3 aromatic rings. The molecule has 2 heteroatoms. The molecule has 0 aliphatic carbocycles. The zero-order chi connectivity index (χ0) is 17.4. The van der Waals surface area contributed by atoms with Crippen molar-refractivity contribution in [1.29, 1.82) is 0 Å². The SMILES string of the molecule is Cc1ccc(-c2cc(F)c(-c3cc(C)c(C)c(C)c3)c(F)c2)cc1. The average Bonchev–Trinajstić information content (AvgIpc) is 2.52. The number of rotatable bonds is 2. The lowest BCUT2D eigenvalue weighted by molar-refractivity contribution is 0.590. The first-order valence-electron chi connectivity index (χ1n) is 8.01. The molecule has 0 saturated heterocycles. The molecule has 0 bridgehead atoms. The van der Waals surface area contributed by atoms with Crippen LogP contribution in [0.5, 0.6) is 0 Å². The molecule has 0 aliphatic rings. The summed E-state index contributed by atoms with van der Waals surface area (Å²) in [4.78, 5) is 0. The number of benzene rings is 3. The van der Waals surface area contributed by atoms with Crippen molar-refractivity contribution in [2.75, 3.05) is 0 Å². The van der Waals surface area contributed by atoms with Crippen LogP contribution in [-0.2, 0) is 0 Å². The molecule has 0 nitrogen and oxygen atoms in total. The van der Waals surface area contributed by atoms with Gasteiger partial charge in [0.25, 0.3) is 0 Å². The van der Waals surface area contributed by atoms with Gasteiger partial charge in [0, 0.05) is 0 Å². The van der Waals surface area contributed by atoms with Crippen LogP contribution >= 0.6 is 0 Å². The second kappa shape index (κ2) is 6.20. The smallest absolute Gasteiger partial charge is 0.134 e. The van der Waals surface area contributed by atoms with E-state index in [4.69, 9.17) is 0 Å². The van der Waals surface area contributed by atoms with Crippen molar-refractivity contribution in [3.05, 3.63) is 82.4 Å². The molecular weight excluding hydrogens is 302 g/mol. The number of hydrogen-bond donors (Lipinski definition) is 0. The van der Waals surface area contributed by atoms with Gasteiger partial charge in [0.2, 0.25) is 0 Å². The summed E-state index contributed by atoms with van der Waals surface area (Å²) in [6.07, 6.45) is 0. The first-order valence-corrected chi connectivity index (χ1v) is 8.01. The van der Waals surface area contributed by atoms with E-state index in [9.17, 15) is 8.78 Å². The molecule has 0 fully saturated rings. The number of halogens is 2. The maximum Gasteiger partial charge on any atom is 0.134 e. The minimum Gasteiger partial charge on any atom is -0.206 e. The Bertz CT molecular complexity index is 860. The molecule has 122 valence electrons. The van der Waals surface area contributed by atoms with Crippen molar-refractivity contribution in [3.63, 3.8) is 0 Å². The van der Waals surface area contributed by atoms with E-state index < -0.39 is 11.6 Å². The van der Waals surface area contributed by atoms with Gasteiger partial charge in [-0.3, -0.25) is 0 Å². The highest BCUT2D eigenvalue weighted by Crippen LogP contribution is 2.33. The molecule has 3 rings (SSSR count). The lowest BCUT2D eigenvalue weighted by Gasteiger charge is -2.12. The predicted molar refractivity (Wildman–Crippen MR) is 96.2 cm³/mol. The molecule has 24 heavy (non-hydrogen) atoms. The van der Waals surface area contributed by atoms with E-state index in [2.05, 4.69) is 0 Å². The molecule has 0 atom stereocenters. The molecular formula is C22H20F2. The molecule has 0 heterocycles. The highest BCUT2D eigenvalue weighted by molar-refractivity contribution is 5.73. The molecule has 0 radical (unpaired) electrons. The first kappa shape index (κ1) is 16.4. The Morgan fingerprint density at radius 2 is 1.08 bits per heavy atom. The second-order valence-electron chi connectivity index (χ2n) is 6.42. The lowest BCUT2D eigenvalue weighted by Crippen LogP contribution is -1.95. The summed E-state index contributed by atoms with van der Waals surface area (Å²) >= 11 is 0. The van der Waals surface area contributed by atoms with Gasteiger partial charge in [0.15, 0.2) is 0 Å². The Hall–Kier alpha value is -2.48. The van der Waals surface area contributed by atoms with E-state index in [1.165, 1.54) is 12.1 Å². The van der Waals surface area contributed by atoms with Crippen molar-refractivity contribution < 1.29 is 8.78 Å². The fraction of sp³-hybridized carbons (Fsp3) is 0.182. The summed E-state index contributed by atoms with van der Waals surface area (Å²) in [6, 6.07) is 14.1. The summed E-state index contributed by atoms with van der Waals surface area (Å²) in [7, 11) is 0. The molecule has 0 spiro atoms. The summed E-state index contributed by atoms with van der Waals surface area (Å²) in [5.41, 5.74) is 6.31. The Balaban J connectivity index is 2.13. The van der Waals surface area contributed by atoms with E-state index in [1.54, 1.807) is 0 Å². The lowest BCUT2D eigenvalue weighted by atomic mass is 9.94. The summed E-state index contributed by atoms with van der Waals surface area (Å²) in [6.45, 7) is 7.92. The fourth-order valence-corrected chi connectivity index (χ4v) is 2.94. The molecule has 0 aromatic heterocycles. The van der Waals surface area contributed by atoms with Crippen molar-refractivity contribution in [3.8, 4) is 22.3 Å². The molecule has 0 amide bonds. The van der Waals surface area contributed by atoms with Crippen molar-refractivity contribution in [2.24, 2.45) is 0 Å². The minimum absolute atomic E-state index is 0.0389. The van der Waals surface area contributed by atoms with E-state index >= 15 is 0 Å². The third-order valence-corrected chi connectivity index (χ3v) is 4.64. The fourth-order valence-electron chi connectivity index (χ4n) is 2.94. The maximum absolute atomic E-state index is 14.7. The van der Waals surface area contributed by atoms with Crippen LogP contribution in [0.4, 0.5) is 8.78 Å². The van der Waals surface area contributed by atoms with Gasteiger partial charge < -0.3 is 0 Å². The summed E-state index contributed by atoms with van der Waals surface area (Å²) in [5, 5.41) is 0. The molecule has 0 saturated carbocycles. The van der Waals surface area contributed by atoms with E-state index in [1.807, 2.05) is 64.1 Å². The van der Waals surface area contributed by atoms with Crippen LogP contribution in [0.3, 0.4) is 0 Å². The van der Waals surface area contributed by atoms with Crippen molar-refractivity contribution >= 4 is 0 Å². The average molecular weight is 322 g/mol. The van der Waals surface area contributed by atoms with Gasteiger partial charge in [0.1, 0.15) is 11.6 Å². The van der Waals surface area contributed by atoms with Gasteiger partial charge in [0.05, 0.1) is 5.56 Å². The third-order valence-electron chi connectivity index (χ3n) is 4.64. The van der Waals surface area contributed by atoms with Gasteiger partial charge >= 0.3 is 0 Å². The van der Waals surface area contributed by atoms with Gasteiger partial charge in [-0.2, -0.15) is 0 Å². The Labute approximate surface area is 141 Å². The van der Waals surface area contributed by atoms with E-state index in [0.717, 1.165) is 27.8 Å². The first-order chi connectivity index (χ1) is 11.4. The van der Waals surface area contributed by atoms with Crippen LogP contribution in [-0.4, -0.2) is 0 Å². The van der Waals surface area contributed by atoms with E-state index in [0.29, 0.717) is 11.1 Å². The standard InChI is InChI=1S/C22H20F2/c1-13-5-7-17(8-6-13)18-11-20(23)22(21(24)12-18)19-9-14(2)16(4)15(3)10-19/h5-12H,1-4H3. The summed E-state index contributed by atoms with van der Waals surface area (Å²) in [5.74, 6) is -1.07. The highest BCUT2D eigenvalue weighted by Gasteiger charge is 2.15. The second-order valence-corrected chi connectivity index (χ2v) is 6.42. The van der Waals surface area contributed by atoms with Crippen LogP contribution in [0.15, 0.2) is 48.5 Å². The van der Waals surface area contributed by atoms with Gasteiger partial charge in [-0.15, -0.1) is 0 Å². The van der Waals surface area contributed by atoms with Crippen LogP contribution < -0.4 is 0 Å². The Morgan fingerprint density at radius 3 is 1.58 bits per heavy atom. The van der Waals surface area contributed by atoms with Crippen LogP contribution in [0.1, 0.15) is 22.3 Å². The molecule has 0 N–H and O–H groups in total. The topological polar surface area (TPSA) is 0 Å². The van der Waals surface area contributed by atoms with Gasteiger partial charge in [-0.1, -0.05) is 42.0 Å². The predicted octanol–water partition coefficient (Wildman–Crippen LogP) is 6.53. The Morgan fingerprint density at radius 1 is 0.583 bits per heavy atom. The maximum atomic E-state index is 14.7. The third kappa shape index (κ3) is 2.96. The van der Waals surface area contributed by atoms with Crippen molar-refractivity contribution in [1.82, 2.24) is 0 Å². The summed E-state index contributed by atoms with van der Waals surface area (Å²) < 4.78 is 29.4. The zero-order valence-corrected chi connectivity index (χ0v) is 14.4. The molecule has 3 aromatic carbocycles. The van der Waals surface area contributed by atoms with Crippen LogP contribution in [0.2, 0.25) is 0 Å². The minimum atomic E-state index is -0.534. The molecule has 0 unspecified atom stereocenters. The quantitative estimate of drug-likeness (QED) is 0.503. The van der Waals surface area contributed by atoms with E-state index in [-0.39, 0.29) is 5.56 Å².